The lowest BCUT2D eigenvalue weighted by atomic mass is 10.2. The van der Waals surface area contributed by atoms with Crippen molar-refractivity contribution in [1.82, 2.24) is 15.3 Å². The van der Waals surface area contributed by atoms with Crippen LogP contribution in [0.1, 0.15) is 36.6 Å². The van der Waals surface area contributed by atoms with Crippen LogP contribution in [-0.4, -0.2) is 27.2 Å². The number of nitrogens with one attached hydrogen (secondary N) is 1. The second kappa shape index (κ2) is 5.25. The molecule has 1 N–H and O–H groups in total. The zero-order valence-corrected chi connectivity index (χ0v) is 13.5. The van der Waals surface area contributed by atoms with Crippen LogP contribution in [0.5, 0.6) is 0 Å². The minimum atomic E-state index is -0.111. The fourth-order valence-electron chi connectivity index (χ4n) is 2.76. The van der Waals surface area contributed by atoms with E-state index in [1.54, 1.807) is 29.4 Å². The van der Waals surface area contributed by atoms with Crippen molar-refractivity contribution in [2.75, 3.05) is 0 Å². The van der Waals surface area contributed by atoms with Crippen molar-refractivity contribution in [3.8, 4) is 0 Å². The molecule has 4 rings (SSSR count). The number of hydrogen-bond donors (Lipinski definition) is 1. The number of nitrogens with zero attached hydrogens (tertiary/aromatic N) is 2. The van der Waals surface area contributed by atoms with E-state index >= 15 is 0 Å². The summed E-state index contributed by atoms with van der Waals surface area (Å²) in [4.78, 5) is 23.5. The van der Waals surface area contributed by atoms with E-state index in [0.717, 1.165) is 35.5 Å². The number of aryl methyl sites for hydroxylation is 2. The first kappa shape index (κ1) is 13.5. The highest BCUT2D eigenvalue weighted by molar-refractivity contribution is 8.00. The molecule has 1 saturated carbocycles. The van der Waals surface area contributed by atoms with Crippen molar-refractivity contribution in [2.45, 2.75) is 55.3 Å². The van der Waals surface area contributed by atoms with Crippen LogP contribution in [0.2, 0.25) is 0 Å². The largest absolute Gasteiger partial charge is 0.352 e. The highest BCUT2D eigenvalue weighted by Gasteiger charge is 2.27. The quantitative estimate of drug-likeness (QED) is 0.695. The van der Waals surface area contributed by atoms with Crippen LogP contribution in [0, 0.1) is 0 Å². The zero-order valence-electron chi connectivity index (χ0n) is 11.9. The van der Waals surface area contributed by atoms with Crippen LogP contribution < -0.4 is 5.32 Å². The Morgan fingerprint density at radius 2 is 2.29 bits per heavy atom. The Labute approximate surface area is 131 Å². The van der Waals surface area contributed by atoms with E-state index in [0.29, 0.717) is 6.04 Å². The van der Waals surface area contributed by atoms with Gasteiger partial charge >= 0.3 is 0 Å². The van der Waals surface area contributed by atoms with E-state index in [-0.39, 0.29) is 11.2 Å². The minimum Gasteiger partial charge on any atom is -0.352 e. The maximum absolute atomic E-state index is 12.1. The molecule has 4 nitrogen and oxygen atoms in total. The first-order valence-electron chi connectivity index (χ1n) is 7.44. The first-order chi connectivity index (χ1) is 10.2. The molecule has 2 aliphatic carbocycles. The third kappa shape index (κ3) is 2.55. The van der Waals surface area contributed by atoms with Gasteiger partial charge in [-0.05, 0) is 44.6 Å². The van der Waals surface area contributed by atoms with E-state index in [9.17, 15) is 4.79 Å². The van der Waals surface area contributed by atoms with Crippen LogP contribution in [0.25, 0.3) is 10.2 Å². The number of rotatable bonds is 4. The highest BCUT2D eigenvalue weighted by atomic mass is 32.2. The molecule has 6 heteroatoms. The SMILES string of the molecule is C[C@@H](Sc1ncnc2sc3c(c12)CCC3)C(=O)NC1CC1. The maximum Gasteiger partial charge on any atom is 0.233 e. The van der Waals surface area contributed by atoms with Gasteiger partial charge in [-0.25, -0.2) is 9.97 Å². The molecule has 1 amide bonds. The summed E-state index contributed by atoms with van der Waals surface area (Å²) >= 11 is 3.36. The average Bonchev–Trinajstić information content (AvgIpc) is 3.03. The van der Waals surface area contributed by atoms with E-state index in [1.165, 1.54) is 22.2 Å². The number of thioether (sulfide) groups is 1. The molecule has 2 heterocycles. The van der Waals surface area contributed by atoms with E-state index < -0.39 is 0 Å². The summed E-state index contributed by atoms with van der Waals surface area (Å²) < 4.78 is 0. The number of carbonyl (C=O) groups excluding carboxylic acids is 1. The van der Waals surface area contributed by atoms with Crippen LogP contribution in [0.3, 0.4) is 0 Å². The number of amides is 1. The molecule has 21 heavy (non-hydrogen) atoms. The van der Waals surface area contributed by atoms with Gasteiger partial charge in [-0.15, -0.1) is 11.3 Å². The van der Waals surface area contributed by atoms with Gasteiger partial charge in [0.25, 0.3) is 0 Å². The van der Waals surface area contributed by atoms with Gasteiger partial charge in [0.1, 0.15) is 16.2 Å². The van der Waals surface area contributed by atoms with Crippen LogP contribution in [-0.2, 0) is 17.6 Å². The van der Waals surface area contributed by atoms with Gasteiger partial charge in [0.2, 0.25) is 5.91 Å². The van der Waals surface area contributed by atoms with Crippen molar-refractivity contribution < 1.29 is 4.79 Å². The maximum atomic E-state index is 12.1. The molecular weight excluding hydrogens is 302 g/mol. The molecule has 2 aromatic rings. The van der Waals surface area contributed by atoms with E-state index in [2.05, 4.69) is 15.3 Å². The molecule has 0 unspecified atom stereocenters. The summed E-state index contributed by atoms with van der Waals surface area (Å²) in [6.07, 6.45) is 7.39. The van der Waals surface area contributed by atoms with E-state index in [1.807, 2.05) is 6.92 Å². The van der Waals surface area contributed by atoms with Crippen molar-refractivity contribution in [3.63, 3.8) is 0 Å². The molecule has 0 bridgehead atoms. The Kier molecular flexibility index (Phi) is 3.38. The predicted molar refractivity (Wildman–Crippen MR) is 85.9 cm³/mol. The Balaban J connectivity index is 1.62. The van der Waals surface area contributed by atoms with Crippen molar-refractivity contribution in [2.24, 2.45) is 0 Å². The zero-order chi connectivity index (χ0) is 14.4. The topological polar surface area (TPSA) is 54.9 Å². The number of aromatic nitrogens is 2. The third-order valence-corrected chi connectivity index (χ3v) is 6.35. The molecule has 0 spiro atoms. The molecule has 110 valence electrons. The molecule has 1 atom stereocenters. The minimum absolute atomic E-state index is 0.111. The monoisotopic (exact) mass is 319 g/mol. The van der Waals surface area contributed by atoms with Crippen LogP contribution in [0.4, 0.5) is 0 Å². The second-order valence-electron chi connectivity index (χ2n) is 5.76. The molecular formula is C15H17N3OS2. The van der Waals surface area contributed by atoms with Gasteiger partial charge in [-0.3, -0.25) is 4.79 Å². The highest BCUT2D eigenvalue weighted by Crippen LogP contribution is 2.40. The lowest BCUT2D eigenvalue weighted by molar-refractivity contribution is -0.120. The van der Waals surface area contributed by atoms with Crippen molar-refractivity contribution >= 4 is 39.2 Å². The Bertz CT molecular complexity index is 708. The molecule has 2 aliphatic rings. The van der Waals surface area contributed by atoms with Gasteiger partial charge in [-0.2, -0.15) is 0 Å². The summed E-state index contributed by atoms with van der Waals surface area (Å²) in [6.45, 7) is 1.96. The average molecular weight is 319 g/mol. The van der Waals surface area contributed by atoms with Gasteiger partial charge in [-0.1, -0.05) is 11.8 Å². The fraction of sp³-hybridized carbons (Fsp3) is 0.533. The van der Waals surface area contributed by atoms with Crippen molar-refractivity contribution in [1.29, 1.82) is 0 Å². The Morgan fingerprint density at radius 1 is 1.43 bits per heavy atom. The summed E-state index contributed by atoms with van der Waals surface area (Å²) in [5.74, 6) is 0.126. The van der Waals surface area contributed by atoms with Gasteiger partial charge in [0, 0.05) is 16.3 Å². The van der Waals surface area contributed by atoms with Crippen molar-refractivity contribution in [3.05, 3.63) is 16.8 Å². The molecule has 2 aromatic heterocycles. The lowest BCUT2D eigenvalue weighted by Crippen LogP contribution is -2.32. The fourth-order valence-corrected chi connectivity index (χ4v) is 5.01. The van der Waals surface area contributed by atoms with Gasteiger partial charge in [0.05, 0.1) is 5.25 Å². The Hall–Kier alpha value is -1.14. The number of hydrogen-bond acceptors (Lipinski definition) is 5. The molecule has 0 radical (unpaired) electrons. The smallest absolute Gasteiger partial charge is 0.233 e. The van der Waals surface area contributed by atoms with Crippen LogP contribution in [0.15, 0.2) is 11.4 Å². The summed E-state index contributed by atoms with van der Waals surface area (Å²) in [6, 6.07) is 0.413. The number of fused-ring (bicyclic) bond motifs is 3. The number of thiophene rings is 1. The summed E-state index contributed by atoms with van der Waals surface area (Å²) in [5, 5.41) is 5.13. The third-order valence-electron chi connectivity index (χ3n) is 4.05. The van der Waals surface area contributed by atoms with E-state index in [4.69, 9.17) is 0 Å². The van der Waals surface area contributed by atoms with Crippen LogP contribution >= 0.6 is 23.1 Å². The standard InChI is InChI=1S/C15H17N3OS2/c1-8(13(19)18-9-5-6-9)20-14-12-10-3-2-4-11(10)21-15(12)17-7-16-14/h7-9H,2-6H2,1H3,(H,18,19)/t8-/m1/s1. The molecule has 0 aliphatic heterocycles. The predicted octanol–water partition coefficient (Wildman–Crippen LogP) is 2.94. The lowest BCUT2D eigenvalue weighted by Gasteiger charge is -2.11. The number of carbonyl (C=O) groups is 1. The molecule has 0 aromatic carbocycles. The second-order valence-corrected chi connectivity index (χ2v) is 8.17. The first-order valence-corrected chi connectivity index (χ1v) is 9.14. The summed E-state index contributed by atoms with van der Waals surface area (Å²) in [7, 11) is 0. The van der Waals surface area contributed by atoms with Gasteiger partial charge < -0.3 is 5.32 Å². The summed E-state index contributed by atoms with van der Waals surface area (Å²) in [5.41, 5.74) is 1.42. The Morgan fingerprint density at radius 3 is 3.10 bits per heavy atom. The van der Waals surface area contributed by atoms with Gasteiger partial charge in [0.15, 0.2) is 0 Å². The molecule has 0 saturated heterocycles. The molecule has 1 fully saturated rings. The normalized spacial score (nSPS) is 18.7.